The van der Waals surface area contributed by atoms with Crippen molar-refractivity contribution in [2.75, 3.05) is 0 Å². The van der Waals surface area contributed by atoms with Crippen molar-refractivity contribution in [3.63, 3.8) is 0 Å². The highest BCUT2D eigenvalue weighted by atomic mass is 14.2. The zero-order valence-electron chi connectivity index (χ0n) is 82.7. The molecule has 28 aromatic rings. The average molecular weight is 1900 g/mol. The van der Waals surface area contributed by atoms with Crippen LogP contribution < -0.4 is 0 Å². The molecule has 0 amide bonds. The van der Waals surface area contributed by atoms with E-state index in [9.17, 15) is 0 Å². The van der Waals surface area contributed by atoms with Crippen LogP contribution >= 0.6 is 0 Å². The van der Waals surface area contributed by atoms with Gasteiger partial charge in [-0.25, -0.2) is 0 Å². The summed E-state index contributed by atoms with van der Waals surface area (Å²) in [6, 6.07) is 221. The predicted molar refractivity (Wildman–Crippen MR) is 644 cm³/mol. The maximum atomic E-state index is 2.42. The van der Waals surface area contributed by atoms with Gasteiger partial charge in [0.25, 0.3) is 0 Å². The molecule has 28 rings (SSSR count). The van der Waals surface area contributed by atoms with Crippen LogP contribution in [-0.4, -0.2) is 0 Å². The van der Waals surface area contributed by atoms with Gasteiger partial charge in [0, 0.05) is 0 Å². The maximum absolute atomic E-state index is 2.42. The Hall–Kier alpha value is -19.5. The molecule has 0 unspecified atom stereocenters. The molecule has 0 aliphatic rings. The largest absolute Gasteiger partial charge is 0.0622 e. The zero-order chi connectivity index (χ0) is 99.6. The molecule has 0 aliphatic heterocycles. The highest BCUT2D eigenvalue weighted by Crippen LogP contribution is 2.48. The summed E-state index contributed by atoms with van der Waals surface area (Å²) in [5.74, 6) is 0. The van der Waals surface area contributed by atoms with Gasteiger partial charge >= 0.3 is 0 Å². The summed E-state index contributed by atoms with van der Waals surface area (Å²) in [7, 11) is 0. The minimum Gasteiger partial charge on any atom is -0.0622 e. The van der Waals surface area contributed by atoms with Crippen molar-refractivity contribution < 1.29 is 0 Å². The summed E-state index contributed by atoms with van der Waals surface area (Å²) < 4.78 is 0. The lowest BCUT2D eigenvalue weighted by atomic mass is 9.88. The van der Waals surface area contributed by atoms with E-state index in [1.807, 2.05) is 0 Å². The van der Waals surface area contributed by atoms with Crippen LogP contribution in [0.1, 0.15) is 0 Å². The Morgan fingerprint density at radius 1 is 0.0467 bits per heavy atom. The number of rotatable bonds is 16. The summed E-state index contributed by atoms with van der Waals surface area (Å²) in [4.78, 5) is 0. The van der Waals surface area contributed by atoms with E-state index in [1.165, 1.54) is 275 Å². The van der Waals surface area contributed by atoms with Crippen LogP contribution in [-0.2, 0) is 0 Å². The van der Waals surface area contributed by atoms with Crippen molar-refractivity contribution >= 4 is 97.0 Å². The van der Waals surface area contributed by atoms with Crippen LogP contribution in [0.15, 0.2) is 607 Å². The lowest BCUT2D eigenvalue weighted by Gasteiger charge is -2.16. The molecule has 0 aliphatic carbocycles. The summed E-state index contributed by atoms with van der Waals surface area (Å²) >= 11 is 0. The van der Waals surface area contributed by atoms with Gasteiger partial charge in [-0.1, -0.05) is 497 Å². The minimum absolute atomic E-state index is 1.21. The third-order valence-electron chi connectivity index (χ3n) is 30.1. The molecule has 0 heteroatoms. The van der Waals surface area contributed by atoms with Crippen LogP contribution in [0.5, 0.6) is 0 Å². The molecule has 28 aromatic carbocycles. The molecule has 0 bridgehead atoms. The van der Waals surface area contributed by atoms with Gasteiger partial charge in [0.15, 0.2) is 0 Å². The van der Waals surface area contributed by atoms with Gasteiger partial charge < -0.3 is 0 Å². The molecule has 150 heavy (non-hydrogen) atoms. The second-order valence-electron chi connectivity index (χ2n) is 39.2. The van der Waals surface area contributed by atoms with Gasteiger partial charge in [0.05, 0.1) is 0 Å². The SMILES string of the molecule is c1ccc(-c2cc(-c3ccccc3)cc(-c3ccc4c5ccccc5c5ccc(-c6cc(-c7ccccc7)cc(-c7ccccc7)c6)cc5c4c3)c2)cc1.c1ccc(-c2cccc(-c3ccc4c5ccccc5c5ccc(-c6cccc(-c7ccccc7)c6)cc5c4c3)c2)cc1.c1ccc(-c2cccc(-c3cccc(-c4ccc5c6ccccc6c6ccc(-c7cccc(-c8cccc(-c9ccccc9)c8)c7)cc6c5c4)c3)c2)cc1. The monoisotopic (exact) mass is 1900 g/mol. The first-order chi connectivity index (χ1) is 74.3. The van der Waals surface area contributed by atoms with E-state index in [0.717, 1.165) is 0 Å². The van der Waals surface area contributed by atoms with Crippen molar-refractivity contribution in [1.82, 2.24) is 0 Å². The number of fused-ring (bicyclic) bond motifs is 18. The van der Waals surface area contributed by atoms with E-state index in [0.29, 0.717) is 0 Å². The molecule has 700 valence electrons. The second kappa shape index (κ2) is 40.2. The maximum Gasteiger partial charge on any atom is -0.00926 e. The fourth-order valence-corrected chi connectivity index (χ4v) is 22.5. The highest BCUT2D eigenvalue weighted by Gasteiger charge is 2.21. The van der Waals surface area contributed by atoms with E-state index in [4.69, 9.17) is 0 Å². The van der Waals surface area contributed by atoms with Gasteiger partial charge in [0.2, 0.25) is 0 Å². The Balaban J connectivity index is 0.000000114. The summed E-state index contributed by atoms with van der Waals surface area (Å²) in [6.45, 7) is 0. The molecule has 0 spiro atoms. The molecule has 0 nitrogen and oxygen atoms in total. The molecule has 0 N–H and O–H groups in total. The van der Waals surface area contributed by atoms with Crippen molar-refractivity contribution in [1.29, 1.82) is 0 Å². The smallest absolute Gasteiger partial charge is 0.00926 e. The lowest BCUT2D eigenvalue weighted by Crippen LogP contribution is -1.89. The number of benzene rings is 28. The third-order valence-corrected chi connectivity index (χ3v) is 30.1. The van der Waals surface area contributed by atoms with E-state index in [2.05, 4.69) is 607 Å². The van der Waals surface area contributed by atoms with Crippen molar-refractivity contribution in [2.24, 2.45) is 0 Å². The summed E-state index contributed by atoms with van der Waals surface area (Å²) in [5.41, 5.74) is 39.0. The van der Waals surface area contributed by atoms with E-state index in [-0.39, 0.29) is 0 Å². The topological polar surface area (TPSA) is 0 Å². The minimum atomic E-state index is 1.21. The average Bonchev–Trinajstić information content (AvgIpc) is 0.738. The van der Waals surface area contributed by atoms with Crippen LogP contribution in [0.2, 0.25) is 0 Å². The molecule has 0 atom stereocenters. The van der Waals surface area contributed by atoms with Crippen LogP contribution in [0.25, 0.3) is 275 Å². The Morgan fingerprint density at radius 2 is 0.140 bits per heavy atom. The molecule has 0 fully saturated rings. The van der Waals surface area contributed by atoms with E-state index >= 15 is 0 Å². The molecular weight excluding hydrogens is 1800 g/mol. The van der Waals surface area contributed by atoms with E-state index in [1.54, 1.807) is 0 Å². The number of hydrogen-bond acceptors (Lipinski definition) is 0. The molecule has 0 heterocycles. The van der Waals surface area contributed by atoms with Crippen LogP contribution in [0.3, 0.4) is 0 Å². The Bertz CT molecular complexity index is 9260. The fraction of sp³-hybridized carbons (Fsp3) is 0. The summed E-state index contributed by atoms with van der Waals surface area (Å²) in [5, 5.41) is 23.0. The second-order valence-corrected chi connectivity index (χ2v) is 39.2. The molecular formula is C150H100. The van der Waals surface area contributed by atoms with Gasteiger partial charge in [-0.3, -0.25) is 0 Å². The fourth-order valence-electron chi connectivity index (χ4n) is 22.5. The molecule has 0 aromatic heterocycles. The first-order valence-corrected chi connectivity index (χ1v) is 51.8. The quantitative estimate of drug-likeness (QED) is 0.0846. The van der Waals surface area contributed by atoms with E-state index < -0.39 is 0 Å². The molecule has 0 saturated carbocycles. The Morgan fingerprint density at radius 3 is 0.293 bits per heavy atom. The molecule has 0 saturated heterocycles. The predicted octanol–water partition coefficient (Wildman–Crippen LogP) is 42.1. The normalized spacial score (nSPS) is 11.3. The van der Waals surface area contributed by atoms with Gasteiger partial charge in [-0.2, -0.15) is 0 Å². The zero-order valence-corrected chi connectivity index (χ0v) is 82.7. The van der Waals surface area contributed by atoms with Crippen LogP contribution in [0, 0.1) is 0 Å². The third kappa shape index (κ3) is 18.1. The van der Waals surface area contributed by atoms with Gasteiger partial charge in [-0.05, 0) is 384 Å². The first-order valence-electron chi connectivity index (χ1n) is 51.8. The van der Waals surface area contributed by atoms with Crippen molar-refractivity contribution in [3.8, 4) is 178 Å². The lowest BCUT2D eigenvalue weighted by molar-refractivity contribution is 1.57. The van der Waals surface area contributed by atoms with Gasteiger partial charge in [-0.15, -0.1) is 0 Å². The van der Waals surface area contributed by atoms with Crippen LogP contribution in [0.4, 0.5) is 0 Å². The number of hydrogen-bond donors (Lipinski definition) is 0. The molecule has 0 radical (unpaired) electrons. The van der Waals surface area contributed by atoms with Gasteiger partial charge in [0.1, 0.15) is 0 Å². The van der Waals surface area contributed by atoms with Crippen molar-refractivity contribution in [2.45, 2.75) is 0 Å². The van der Waals surface area contributed by atoms with Crippen molar-refractivity contribution in [3.05, 3.63) is 607 Å². The Kier molecular flexibility index (Phi) is 24.3. The summed E-state index contributed by atoms with van der Waals surface area (Å²) in [6.07, 6.45) is 0. The highest BCUT2D eigenvalue weighted by molar-refractivity contribution is 6.29. The first kappa shape index (κ1) is 90.5. The Labute approximate surface area is 875 Å². The standard InChI is InChI=1S/2C54H36.C42H28/c1-5-15-37(16-6-1)43-29-44(38-17-7-2-8-18-38)32-47(31-43)41-25-27-51-49-23-13-14-24-50(49)52-28-26-42(36-54(52)53(51)35-41)48-33-45(39-19-9-3-10-20-39)30-46(34-48)40-21-11-4-12-22-40;1-3-13-37(14-4-1)39-17-9-19-41(31-39)43-21-11-23-45(33-43)47-27-29-51-49-25-7-8-26-50(49)52-30-28-48(36-54(52)53(51)35-47)46-24-12-22-44(34-46)42-20-10-18-40(32-42)38-15-5-2-6-16-38;1-3-11-29(12-4-1)31-15-9-17-33(25-31)35-21-23-39-37-19-7-8-20-38(37)40-24-22-36(28-42(40)41(39)27-35)34-18-10-16-32(26-34)30-13-5-2-6-14-30/h2*1-36H;1-28H.